The van der Waals surface area contributed by atoms with Gasteiger partial charge in [-0.15, -0.1) is 0 Å². The second kappa shape index (κ2) is 9.83. The molecule has 0 fully saturated rings. The van der Waals surface area contributed by atoms with E-state index in [1.807, 2.05) is 19.1 Å². The van der Waals surface area contributed by atoms with Gasteiger partial charge in [-0.3, -0.25) is 4.79 Å². The molecule has 0 bridgehead atoms. The monoisotopic (exact) mass is 310 g/mol. The molecule has 2 nitrogen and oxygen atoms in total. The van der Waals surface area contributed by atoms with Gasteiger partial charge in [0.05, 0.1) is 11.6 Å². The van der Waals surface area contributed by atoms with Crippen LogP contribution in [-0.4, -0.2) is 12.4 Å². The molecule has 0 N–H and O–H groups in total. The third kappa shape index (κ3) is 6.99. The molecule has 1 aromatic rings. The maximum Gasteiger partial charge on any atom is 0.138 e. The topological polar surface area (TPSA) is 26.3 Å². The molecule has 0 amide bonds. The number of unbranched alkanes of at least 4 members (excludes halogenated alkanes) is 2. The highest BCUT2D eigenvalue weighted by Crippen LogP contribution is 2.29. The van der Waals surface area contributed by atoms with Crippen molar-refractivity contribution in [2.45, 2.75) is 59.3 Å². The van der Waals surface area contributed by atoms with Crippen molar-refractivity contribution in [1.82, 2.24) is 0 Å². The lowest BCUT2D eigenvalue weighted by Crippen LogP contribution is -2.05. The summed E-state index contributed by atoms with van der Waals surface area (Å²) in [5, 5.41) is 0.739. The minimum Gasteiger partial charge on any atom is -0.492 e. The van der Waals surface area contributed by atoms with Crippen molar-refractivity contribution in [1.29, 1.82) is 0 Å². The van der Waals surface area contributed by atoms with E-state index >= 15 is 0 Å². The van der Waals surface area contributed by atoms with Crippen molar-refractivity contribution in [2.75, 3.05) is 6.61 Å². The minimum atomic E-state index is 0.358. The predicted molar refractivity (Wildman–Crippen MR) is 89.3 cm³/mol. The summed E-state index contributed by atoms with van der Waals surface area (Å²) in [7, 11) is 0. The first-order chi connectivity index (χ1) is 10.0. The highest BCUT2D eigenvalue weighted by atomic mass is 35.5. The standard InChI is InChI=1S/C18H27ClO2/c1-4-16(20)11-7-5-6-9-15-10-8-12-17(18(15)19)21-13-14(2)3/h8,10,12,14H,4-7,9,11,13H2,1-3H3. The summed E-state index contributed by atoms with van der Waals surface area (Å²) in [4.78, 5) is 11.2. The number of hydrogen-bond donors (Lipinski definition) is 0. The first kappa shape index (κ1) is 18.0. The van der Waals surface area contributed by atoms with E-state index in [4.69, 9.17) is 16.3 Å². The van der Waals surface area contributed by atoms with Crippen LogP contribution >= 0.6 is 11.6 Å². The molecule has 0 unspecified atom stereocenters. The molecule has 0 aromatic heterocycles. The van der Waals surface area contributed by atoms with Gasteiger partial charge in [0, 0.05) is 12.8 Å². The van der Waals surface area contributed by atoms with Gasteiger partial charge in [0.2, 0.25) is 0 Å². The van der Waals surface area contributed by atoms with Crippen LogP contribution in [0.15, 0.2) is 18.2 Å². The highest BCUT2D eigenvalue weighted by molar-refractivity contribution is 6.32. The molecule has 0 aliphatic carbocycles. The Morgan fingerprint density at radius 3 is 2.67 bits per heavy atom. The molecule has 1 aromatic carbocycles. The number of Topliss-reactive ketones (excluding diaryl/α,β-unsaturated/α-hetero) is 1. The summed E-state index contributed by atoms with van der Waals surface area (Å²) in [5.41, 5.74) is 1.14. The number of hydrogen-bond acceptors (Lipinski definition) is 2. The third-order valence-corrected chi connectivity index (χ3v) is 3.84. The molecule has 0 saturated heterocycles. The second-order valence-electron chi connectivity index (χ2n) is 5.89. The second-order valence-corrected chi connectivity index (χ2v) is 6.26. The smallest absolute Gasteiger partial charge is 0.138 e. The molecule has 0 spiro atoms. The van der Waals surface area contributed by atoms with Crippen LogP contribution in [0.3, 0.4) is 0 Å². The number of ketones is 1. The van der Waals surface area contributed by atoms with E-state index in [0.29, 0.717) is 31.1 Å². The Labute approximate surface area is 133 Å². The number of carbonyl (C=O) groups is 1. The number of aryl methyl sites for hydroxylation is 1. The van der Waals surface area contributed by atoms with Crippen molar-refractivity contribution in [2.24, 2.45) is 5.92 Å². The van der Waals surface area contributed by atoms with Crippen LogP contribution < -0.4 is 4.74 Å². The Hall–Kier alpha value is -1.02. The van der Waals surface area contributed by atoms with E-state index in [0.717, 1.165) is 42.0 Å². The van der Waals surface area contributed by atoms with Gasteiger partial charge in [-0.2, -0.15) is 0 Å². The number of carbonyl (C=O) groups excluding carboxylic acids is 1. The molecule has 0 radical (unpaired) electrons. The van der Waals surface area contributed by atoms with Gasteiger partial charge in [-0.05, 0) is 36.8 Å². The molecule has 118 valence electrons. The van der Waals surface area contributed by atoms with Crippen LogP contribution in [0, 0.1) is 5.92 Å². The van der Waals surface area contributed by atoms with Crippen molar-refractivity contribution in [3.05, 3.63) is 28.8 Å². The minimum absolute atomic E-state index is 0.358. The molecule has 1 rings (SSSR count). The Morgan fingerprint density at radius 1 is 1.24 bits per heavy atom. The zero-order chi connectivity index (χ0) is 15.7. The zero-order valence-electron chi connectivity index (χ0n) is 13.5. The summed E-state index contributed by atoms with van der Waals surface area (Å²) < 4.78 is 5.74. The van der Waals surface area contributed by atoms with Crippen LogP contribution in [-0.2, 0) is 11.2 Å². The summed E-state index contributed by atoms with van der Waals surface area (Å²) in [6, 6.07) is 5.98. The van der Waals surface area contributed by atoms with Gasteiger partial charge >= 0.3 is 0 Å². The van der Waals surface area contributed by atoms with E-state index in [1.165, 1.54) is 0 Å². The first-order valence-corrected chi connectivity index (χ1v) is 8.34. The summed E-state index contributed by atoms with van der Waals surface area (Å²) in [6.45, 7) is 6.85. The van der Waals surface area contributed by atoms with Gasteiger partial charge in [0.15, 0.2) is 0 Å². The van der Waals surface area contributed by atoms with Gasteiger partial charge < -0.3 is 4.74 Å². The lowest BCUT2D eigenvalue weighted by Gasteiger charge is -2.12. The first-order valence-electron chi connectivity index (χ1n) is 7.96. The Morgan fingerprint density at radius 2 is 2.00 bits per heavy atom. The number of rotatable bonds is 10. The molecule has 21 heavy (non-hydrogen) atoms. The molecule has 0 saturated carbocycles. The lowest BCUT2D eigenvalue weighted by molar-refractivity contribution is -0.118. The lowest BCUT2D eigenvalue weighted by atomic mass is 10.0. The fourth-order valence-corrected chi connectivity index (χ4v) is 2.38. The average molecular weight is 311 g/mol. The fraction of sp³-hybridized carbons (Fsp3) is 0.611. The number of benzene rings is 1. The third-order valence-electron chi connectivity index (χ3n) is 3.41. The van der Waals surface area contributed by atoms with Gasteiger partial charge in [-0.25, -0.2) is 0 Å². The van der Waals surface area contributed by atoms with Gasteiger partial charge in [0.25, 0.3) is 0 Å². The molecule has 0 aliphatic rings. The van der Waals surface area contributed by atoms with Crippen LogP contribution in [0.2, 0.25) is 5.02 Å². The Bertz CT molecular complexity index is 441. The van der Waals surface area contributed by atoms with Crippen molar-refractivity contribution >= 4 is 17.4 Å². The van der Waals surface area contributed by atoms with Crippen LogP contribution in [0.4, 0.5) is 0 Å². The van der Waals surface area contributed by atoms with Crippen molar-refractivity contribution in [3.63, 3.8) is 0 Å². The number of ether oxygens (including phenoxy) is 1. The van der Waals surface area contributed by atoms with E-state index in [2.05, 4.69) is 19.9 Å². The average Bonchev–Trinajstić information content (AvgIpc) is 2.46. The predicted octanol–water partition coefficient (Wildman–Crippen LogP) is 5.46. The van der Waals surface area contributed by atoms with E-state index in [1.54, 1.807) is 0 Å². The fourth-order valence-electron chi connectivity index (χ4n) is 2.11. The summed E-state index contributed by atoms with van der Waals surface area (Å²) in [6.07, 6.45) is 5.41. The van der Waals surface area contributed by atoms with E-state index in [-0.39, 0.29) is 0 Å². The molecular formula is C18H27ClO2. The van der Waals surface area contributed by atoms with Crippen LogP contribution in [0.5, 0.6) is 5.75 Å². The molecule has 0 aliphatic heterocycles. The number of halogens is 1. The Balaban J connectivity index is 2.41. The summed E-state index contributed by atoms with van der Waals surface area (Å²) >= 11 is 6.40. The summed E-state index contributed by atoms with van der Waals surface area (Å²) in [5.74, 6) is 1.63. The molecular weight excluding hydrogens is 284 g/mol. The largest absolute Gasteiger partial charge is 0.492 e. The maximum atomic E-state index is 11.2. The SMILES string of the molecule is CCC(=O)CCCCCc1cccc(OCC(C)C)c1Cl. The highest BCUT2D eigenvalue weighted by Gasteiger charge is 2.08. The van der Waals surface area contributed by atoms with Crippen LogP contribution in [0.1, 0.15) is 58.4 Å². The van der Waals surface area contributed by atoms with Crippen molar-refractivity contribution < 1.29 is 9.53 Å². The zero-order valence-corrected chi connectivity index (χ0v) is 14.2. The maximum absolute atomic E-state index is 11.2. The van der Waals surface area contributed by atoms with Gasteiger partial charge in [0.1, 0.15) is 11.5 Å². The molecule has 3 heteroatoms. The van der Waals surface area contributed by atoms with Gasteiger partial charge in [-0.1, -0.05) is 50.9 Å². The van der Waals surface area contributed by atoms with Crippen molar-refractivity contribution in [3.8, 4) is 5.75 Å². The molecule has 0 heterocycles. The normalized spacial score (nSPS) is 10.9. The van der Waals surface area contributed by atoms with E-state index in [9.17, 15) is 4.79 Å². The van der Waals surface area contributed by atoms with E-state index < -0.39 is 0 Å². The quantitative estimate of drug-likeness (QED) is 0.537. The Kier molecular flexibility index (Phi) is 8.44. The van der Waals surface area contributed by atoms with Crippen LogP contribution in [0.25, 0.3) is 0 Å². The molecule has 0 atom stereocenters.